The van der Waals surface area contributed by atoms with Gasteiger partial charge in [0, 0.05) is 45.1 Å². The fourth-order valence-corrected chi connectivity index (χ4v) is 8.48. The molecule has 1 atom stereocenters. The number of carbonyl (C=O) groups excluding carboxylic acids is 1. The maximum atomic E-state index is 13.5. The van der Waals surface area contributed by atoms with Crippen molar-refractivity contribution in [2.24, 2.45) is 23.3 Å². The Balaban J connectivity index is 1.13. The van der Waals surface area contributed by atoms with Crippen molar-refractivity contribution in [1.82, 2.24) is 19.7 Å². The van der Waals surface area contributed by atoms with E-state index in [1.807, 2.05) is 5.01 Å². The Bertz CT molecular complexity index is 1160. The predicted octanol–water partition coefficient (Wildman–Crippen LogP) is 3.08. The Morgan fingerprint density at radius 1 is 1.09 bits per heavy atom. The zero-order valence-electron chi connectivity index (χ0n) is 20.0. The molecule has 12 heteroatoms. The minimum atomic E-state index is -3.19. The zero-order valence-corrected chi connectivity index (χ0v) is 20.8. The Labute approximate surface area is 203 Å². The number of fused-ring (bicyclic) bond motifs is 1. The number of aromatic nitrogens is 2. The molecule has 1 aromatic heterocycles. The van der Waals surface area contributed by atoms with E-state index >= 15 is 0 Å². The van der Waals surface area contributed by atoms with Gasteiger partial charge in [-0.25, -0.2) is 17.2 Å². The average Bonchev–Trinajstić information content (AvgIpc) is 3.72. The highest BCUT2D eigenvalue weighted by atomic mass is 32.2. The molecule has 1 aromatic rings. The van der Waals surface area contributed by atoms with Gasteiger partial charge in [0.1, 0.15) is 11.7 Å². The van der Waals surface area contributed by atoms with Gasteiger partial charge >= 0.3 is 0 Å². The van der Waals surface area contributed by atoms with E-state index in [4.69, 9.17) is 0 Å². The molecule has 3 heterocycles. The highest BCUT2D eigenvalue weighted by Gasteiger charge is 2.60. The molecule has 0 aromatic carbocycles. The molecule has 0 N–H and O–H groups in total. The number of amides is 1. The van der Waals surface area contributed by atoms with Gasteiger partial charge in [-0.2, -0.15) is 10.2 Å². The molecule has 35 heavy (non-hydrogen) atoms. The van der Waals surface area contributed by atoms with Crippen molar-refractivity contribution >= 4 is 15.7 Å². The Kier molecular flexibility index (Phi) is 5.29. The molecule has 0 bridgehead atoms. The second-order valence-corrected chi connectivity index (χ2v) is 13.8. The van der Waals surface area contributed by atoms with Crippen LogP contribution in [0.2, 0.25) is 0 Å². The Morgan fingerprint density at radius 2 is 1.80 bits per heavy atom. The van der Waals surface area contributed by atoms with E-state index in [0.29, 0.717) is 57.4 Å². The second-order valence-electron chi connectivity index (χ2n) is 11.1. The summed E-state index contributed by atoms with van der Waals surface area (Å²) in [5.74, 6) is -2.53. The average molecular weight is 511 g/mol. The molecule has 9 nitrogen and oxygen atoms in total. The number of aryl methyl sites for hydroxylation is 1. The van der Waals surface area contributed by atoms with Gasteiger partial charge in [-0.3, -0.25) is 14.5 Å². The summed E-state index contributed by atoms with van der Waals surface area (Å²) in [6.07, 6.45) is 4.21. The van der Waals surface area contributed by atoms with E-state index in [9.17, 15) is 22.0 Å². The van der Waals surface area contributed by atoms with Gasteiger partial charge in [-0.15, -0.1) is 0 Å². The molecule has 0 radical (unpaired) electrons. The second kappa shape index (κ2) is 7.94. The van der Waals surface area contributed by atoms with Crippen molar-refractivity contribution in [3.8, 4) is 0 Å². The molecule has 0 saturated heterocycles. The fraction of sp³-hybridized carbons (Fsp3) is 0.826. The highest BCUT2D eigenvalue weighted by Crippen LogP contribution is 2.51. The number of hydrogen-bond acceptors (Lipinski definition) is 7. The first-order valence-corrected chi connectivity index (χ1v) is 14.3. The van der Waals surface area contributed by atoms with E-state index in [2.05, 4.69) is 15.4 Å². The van der Waals surface area contributed by atoms with Crippen molar-refractivity contribution < 1.29 is 22.0 Å². The highest BCUT2D eigenvalue weighted by molar-refractivity contribution is 7.94. The number of carbonyl (C=O) groups is 1. The fourth-order valence-electron chi connectivity index (χ4n) is 6.01. The summed E-state index contributed by atoms with van der Waals surface area (Å²) in [5.41, 5.74) is 2.12. The van der Waals surface area contributed by atoms with Crippen molar-refractivity contribution in [2.75, 3.05) is 26.2 Å². The minimum Gasteiger partial charge on any atom is -0.335 e. The van der Waals surface area contributed by atoms with E-state index < -0.39 is 20.5 Å². The molecule has 0 spiro atoms. The SMILES string of the molecule is Cn1nc(C2CN(CC3CCC(F)(F)CC3)N=N2)c2c1C(=O)N(CC1(S(=O)(=O)C3CC3)CC1)CC2. The van der Waals surface area contributed by atoms with Crippen LogP contribution in [0.1, 0.15) is 79.2 Å². The molecule has 1 unspecified atom stereocenters. The molecule has 3 saturated carbocycles. The van der Waals surface area contributed by atoms with Crippen LogP contribution in [0.5, 0.6) is 0 Å². The van der Waals surface area contributed by atoms with E-state index in [1.54, 1.807) is 16.6 Å². The minimum absolute atomic E-state index is 0.0678. The van der Waals surface area contributed by atoms with Crippen molar-refractivity contribution in [2.45, 2.75) is 79.7 Å². The maximum Gasteiger partial charge on any atom is 0.272 e. The number of sulfone groups is 1. The van der Waals surface area contributed by atoms with Gasteiger partial charge in [-0.1, -0.05) is 5.22 Å². The zero-order chi connectivity index (χ0) is 24.6. The molecule has 2 aliphatic heterocycles. The Hall–Kier alpha value is -2.11. The molecule has 3 fully saturated rings. The van der Waals surface area contributed by atoms with Gasteiger partial charge in [0.25, 0.3) is 5.91 Å². The van der Waals surface area contributed by atoms with E-state index in [-0.39, 0.29) is 42.5 Å². The lowest BCUT2D eigenvalue weighted by molar-refractivity contribution is -0.0486. The number of alkyl halides is 2. The van der Waals surface area contributed by atoms with Crippen molar-refractivity contribution in [3.63, 3.8) is 0 Å². The lowest BCUT2D eigenvalue weighted by Crippen LogP contribution is -2.46. The summed E-state index contributed by atoms with van der Waals surface area (Å²) in [4.78, 5) is 15.1. The number of rotatable bonds is 7. The van der Waals surface area contributed by atoms with Gasteiger partial charge in [0.2, 0.25) is 5.92 Å². The quantitative estimate of drug-likeness (QED) is 0.561. The first kappa shape index (κ1) is 23.3. The summed E-state index contributed by atoms with van der Waals surface area (Å²) in [6.45, 7) is 1.87. The van der Waals surface area contributed by atoms with E-state index in [0.717, 1.165) is 24.1 Å². The third-order valence-electron chi connectivity index (χ3n) is 8.47. The van der Waals surface area contributed by atoms with Crippen LogP contribution in [-0.2, 0) is 23.3 Å². The van der Waals surface area contributed by atoms with Crippen LogP contribution in [0, 0.1) is 5.92 Å². The predicted molar refractivity (Wildman–Crippen MR) is 123 cm³/mol. The molecule has 6 rings (SSSR count). The lowest BCUT2D eigenvalue weighted by atomic mass is 9.86. The van der Waals surface area contributed by atoms with Gasteiger partial charge in [0.05, 0.1) is 22.2 Å². The molecule has 3 aliphatic carbocycles. The van der Waals surface area contributed by atoms with Crippen LogP contribution in [0.25, 0.3) is 0 Å². The largest absolute Gasteiger partial charge is 0.335 e. The van der Waals surface area contributed by atoms with Gasteiger partial charge < -0.3 is 4.90 Å². The summed E-state index contributed by atoms with van der Waals surface area (Å²) in [7, 11) is -1.45. The van der Waals surface area contributed by atoms with Crippen LogP contribution >= 0.6 is 0 Å². The van der Waals surface area contributed by atoms with Crippen LogP contribution in [0.3, 0.4) is 0 Å². The topological polar surface area (TPSA) is 100 Å². The number of halogens is 2. The summed E-state index contributed by atoms with van der Waals surface area (Å²) in [5, 5.41) is 14.9. The smallest absolute Gasteiger partial charge is 0.272 e. The van der Waals surface area contributed by atoms with E-state index in [1.165, 1.54) is 0 Å². The molecule has 5 aliphatic rings. The van der Waals surface area contributed by atoms with Crippen LogP contribution in [0.4, 0.5) is 8.78 Å². The monoisotopic (exact) mass is 510 g/mol. The van der Waals surface area contributed by atoms with Crippen LogP contribution < -0.4 is 0 Å². The standard InChI is InChI=1S/C23H32F2N6O3S/c1-29-20-17(6-11-30(21(20)32)14-22(9-10-22)35(33,34)16-2-3-16)19(27-29)18-13-31(28-26-18)12-15-4-7-23(24,25)8-5-15/h15-16,18H,2-14H2,1H3. The third-order valence-corrected chi connectivity index (χ3v) is 11.6. The maximum absolute atomic E-state index is 13.5. The van der Waals surface area contributed by atoms with Gasteiger partial charge in [0.15, 0.2) is 9.84 Å². The van der Waals surface area contributed by atoms with Crippen molar-refractivity contribution in [1.29, 1.82) is 0 Å². The third kappa shape index (κ3) is 4.05. The van der Waals surface area contributed by atoms with Crippen LogP contribution in [-0.4, -0.2) is 76.1 Å². The first-order valence-electron chi connectivity index (χ1n) is 12.7. The normalized spacial score (nSPS) is 28.0. The van der Waals surface area contributed by atoms with Crippen LogP contribution in [0.15, 0.2) is 10.3 Å². The van der Waals surface area contributed by atoms with Gasteiger partial charge in [-0.05, 0) is 50.9 Å². The van der Waals surface area contributed by atoms with Crippen molar-refractivity contribution in [3.05, 3.63) is 17.0 Å². The molecule has 1 amide bonds. The number of hydrogen-bond donors (Lipinski definition) is 0. The molecular formula is C23H32F2N6O3S. The summed E-state index contributed by atoms with van der Waals surface area (Å²) >= 11 is 0. The Morgan fingerprint density at radius 3 is 2.46 bits per heavy atom. The lowest BCUT2D eigenvalue weighted by Gasteiger charge is -2.31. The molecule has 192 valence electrons. The number of nitrogens with zero attached hydrogens (tertiary/aromatic N) is 6. The first-order chi connectivity index (χ1) is 16.6. The summed E-state index contributed by atoms with van der Waals surface area (Å²) in [6, 6.07) is -0.292. The molecular weight excluding hydrogens is 478 g/mol. The summed E-state index contributed by atoms with van der Waals surface area (Å²) < 4.78 is 53.6.